The summed E-state index contributed by atoms with van der Waals surface area (Å²) in [7, 11) is 0. The van der Waals surface area contributed by atoms with Crippen molar-refractivity contribution in [1.29, 1.82) is 0 Å². The molecule has 0 spiro atoms. The second-order valence-electron chi connectivity index (χ2n) is 8.86. The first-order valence-corrected chi connectivity index (χ1v) is 14.1. The molecule has 7 heteroatoms. The molecule has 0 radical (unpaired) electrons. The number of carbonyl (C=O) groups excluding carboxylic acids is 1. The number of amides is 1. The number of ether oxygens (including phenoxy) is 4. The maximum atomic E-state index is 11.9. The molecule has 0 rings (SSSR count). The van der Waals surface area contributed by atoms with Gasteiger partial charge in [-0.2, -0.15) is 0 Å². The molecule has 35 heavy (non-hydrogen) atoms. The van der Waals surface area contributed by atoms with E-state index in [1.807, 2.05) is 0 Å². The Balaban J connectivity index is 3.19. The number of aliphatic hydroxyl groups is 1. The van der Waals surface area contributed by atoms with E-state index >= 15 is 0 Å². The van der Waals surface area contributed by atoms with Crippen LogP contribution in [0.25, 0.3) is 0 Å². The van der Waals surface area contributed by atoms with Crippen molar-refractivity contribution in [3.05, 3.63) is 12.2 Å². The third kappa shape index (κ3) is 31.0. The van der Waals surface area contributed by atoms with E-state index < -0.39 is 0 Å². The summed E-state index contributed by atoms with van der Waals surface area (Å²) < 4.78 is 21.3. The highest BCUT2D eigenvalue weighted by atomic mass is 16.6. The monoisotopic (exact) mass is 501 g/mol. The summed E-state index contributed by atoms with van der Waals surface area (Å²) in [5, 5.41) is 11.5. The summed E-state index contributed by atoms with van der Waals surface area (Å²) in [5.74, 6) is 0.114. The first-order chi connectivity index (χ1) is 17.3. The van der Waals surface area contributed by atoms with E-state index in [1.165, 1.54) is 70.6 Å². The van der Waals surface area contributed by atoms with Crippen molar-refractivity contribution in [2.45, 2.75) is 96.8 Å². The van der Waals surface area contributed by atoms with Crippen molar-refractivity contribution in [3.63, 3.8) is 0 Å². The number of carbonyl (C=O) groups is 1. The molecule has 0 aliphatic carbocycles. The number of hydrogen-bond donors (Lipinski definition) is 2. The summed E-state index contributed by atoms with van der Waals surface area (Å²) >= 11 is 0. The van der Waals surface area contributed by atoms with Crippen LogP contribution in [0.5, 0.6) is 0 Å². The van der Waals surface area contributed by atoms with Crippen LogP contribution in [0.1, 0.15) is 96.8 Å². The van der Waals surface area contributed by atoms with Crippen molar-refractivity contribution in [3.8, 4) is 0 Å². The second-order valence-corrected chi connectivity index (χ2v) is 8.86. The molecule has 0 aromatic carbocycles. The van der Waals surface area contributed by atoms with Gasteiger partial charge in [-0.05, 0) is 32.1 Å². The molecule has 0 fully saturated rings. The molecule has 2 N–H and O–H groups in total. The van der Waals surface area contributed by atoms with Gasteiger partial charge in [-0.25, -0.2) is 0 Å². The van der Waals surface area contributed by atoms with Crippen LogP contribution in [-0.4, -0.2) is 77.0 Å². The van der Waals surface area contributed by atoms with Crippen molar-refractivity contribution >= 4 is 5.91 Å². The lowest BCUT2D eigenvalue weighted by atomic mass is 10.1. The molecule has 0 atom stereocenters. The smallest absolute Gasteiger partial charge is 0.220 e. The predicted molar refractivity (Wildman–Crippen MR) is 143 cm³/mol. The summed E-state index contributed by atoms with van der Waals surface area (Å²) in [5.41, 5.74) is 0. The topological polar surface area (TPSA) is 86.3 Å². The van der Waals surface area contributed by atoms with Crippen molar-refractivity contribution in [1.82, 2.24) is 5.32 Å². The molecule has 0 saturated heterocycles. The Morgan fingerprint density at radius 2 is 1.09 bits per heavy atom. The maximum absolute atomic E-state index is 11.9. The number of aliphatic hydroxyl groups excluding tert-OH is 1. The molecule has 7 nitrogen and oxygen atoms in total. The van der Waals surface area contributed by atoms with Crippen LogP contribution in [0.2, 0.25) is 0 Å². The van der Waals surface area contributed by atoms with Crippen LogP contribution in [-0.2, 0) is 23.7 Å². The molecule has 1 amide bonds. The van der Waals surface area contributed by atoms with Crippen LogP contribution >= 0.6 is 0 Å². The highest BCUT2D eigenvalue weighted by molar-refractivity contribution is 5.75. The molecule has 0 aliphatic heterocycles. The van der Waals surface area contributed by atoms with Gasteiger partial charge in [0.1, 0.15) is 0 Å². The van der Waals surface area contributed by atoms with Gasteiger partial charge in [0.2, 0.25) is 5.91 Å². The van der Waals surface area contributed by atoms with Crippen LogP contribution in [0.4, 0.5) is 0 Å². The largest absolute Gasteiger partial charge is 0.394 e. The van der Waals surface area contributed by atoms with E-state index in [0.29, 0.717) is 65.8 Å². The van der Waals surface area contributed by atoms with E-state index in [4.69, 9.17) is 24.1 Å². The minimum Gasteiger partial charge on any atom is -0.394 e. The highest BCUT2D eigenvalue weighted by Crippen LogP contribution is 2.09. The summed E-state index contributed by atoms with van der Waals surface area (Å²) in [6.45, 7) is 6.69. The van der Waals surface area contributed by atoms with Crippen LogP contribution < -0.4 is 5.32 Å². The van der Waals surface area contributed by atoms with Crippen LogP contribution in [0, 0.1) is 0 Å². The highest BCUT2D eigenvalue weighted by Gasteiger charge is 2.00. The van der Waals surface area contributed by atoms with Gasteiger partial charge in [-0.3, -0.25) is 4.79 Å². The van der Waals surface area contributed by atoms with Gasteiger partial charge < -0.3 is 29.4 Å². The summed E-state index contributed by atoms with van der Waals surface area (Å²) in [6.07, 6.45) is 21.8. The number of allylic oxidation sites excluding steroid dienone is 2. The number of hydrogen-bond acceptors (Lipinski definition) is 6. The number of nitrogens with one attached hydrogen (secondary N) is 1. The van der Waals surface area contributed by atoms with Crippen molar-refractivity contribution in [2.75, 3.05) is 66.0 Å². The molecule has 0 saturated carbocycles. The first-order valence-electron chi connectivity index (χ1n) is 14.1. The van der Waals surface area contributed by atoms with Gasteiger partial charge in [0.05, 0.1) is 59.5 Å². The lowest BCUT2D eigenvalue weighted by Crippen LogP contribution is -2.27. The maximum Gasteiger partial charge on any atom is 0.220 e. The predicted octanol–water partition coefficient (Wildman–Crippen LogP) is 5.20. The molecule has 0 heterocycles. The van der Waals surface area contributed by atoms with E-state index in [1.54, 1.807) is 0 Å². The molecule has 0 bridgehead atoms. The quantitative estimate of drug-likeness (QED) is 0.108. The lowest BCUT2D eigenvalue weighted by molar-refractivity contribution is -0.121. The zero-order valence-corrected chi connectivity index (χ0v) is 22.6. The van der Waals surface area contributed by atoms with Crippen LogP contribution in [0.15, 0.2) is 12.2 Å². The fourth-order valence-electron chi connectivity index (χ4n) is 3.53. The van der Waals surface area contributed by atoms with Gasteiger partial charge in [-0.15, -0.1) is 0 Å². The molecule has 0 aliphatic rings. The van der Waals surface area contributed by atoms with Gasteiger partial charge in [0.25, 0.3) is 0 Å². The van der Waals surface area contributed by atoms with Crippen molar-refractivity contribution in [2.24, 2.45) is 0 Å². The zero-order valence-electron chi connectivity index (χ0n) is 22.6. The molecule has 0 unspecified atom stereocenters. The molecule has 0 aromatic rings. The Bertz CT molecular complexity index is 447. The molecule has 0 aromatic heterocycles. The lowest BCUT2D eigenvalue weighted by Gasteiger charge is -2.08. The van der Waals surface area contributed by atoms with E-state index in [2.05, 4.69) is 24.4 Å². The van der Waals surface area contributed by atoms with Gasteiger partial charge in [0.15, 0.2) is 0 Å². The molecular formula is C28H55NO6. The fraction of sp³-hybridized carbons (Fsp3) is 0.893. The zero-order chi connectivity index (χ0) is 25.5. The van der Waals surface area contributed by atoms with Crippen molar-refractivity contribution < 1.29 is 28.8 Å². The van der Waals surface area contributed by atoms with Crippen LogP contribution in [0.3, 0.4) is 0 Å². The number of unbranched alkanes of at least 4 members (excludes halogenated alkanes) is 11. The Hall–Kier alpha value is -0.990. The first kappa shape index (κ1) is 34.0. The third-order valence-corrected chi connectivity index (χ3v) is 5.59. The van der Waals surface area contributed by atoms with Gasteiger partial charge in [-0.1, -0.05) is 70.4 Å². The third-order valence-electron chi connectivity index (χ3n) is 5.59. The molecular weight excluding hydrogens is 446 g/mol. The minimum absolute atomic E-state index is 0.0324. The fourth-order valence-corrected chi connectivity index (χ4v) is 3.53. The summed E-state index contributed by atoms with van der Waals surface area (Å²) in [6, 6.07) is 0. The minimum atomic E-state index is 0.0324. The Morgan fingerprint density at radius 3 is 1.63 bits per heavy atom. The summed E-state index contributed by atoms with van der Waals surface area (Å²) in [4.78, 5) is 11.9. The Morgan fingerprint density at radius 1 is 0.629 bits per heavy atom. The number of rotatable bonds is 29. The molecule has 208 valence electrons. The standard InChI is InChI=1S/C28H55NO6/c1-2-3-4-5-6-7-8-9-10-11-12-13-14-15-16-17-28(31)29-18-20-32-22-24-34-26-27-35-25-23-33-21-19-30/h9-10,30H,2-8,11-27H2,1H3,(H,29,31)/b10-9-. The van der Waals surface area contributed by atoms with E-state index in [9.17, 15) is 4.79 Å². The second kappa shape index (κ2) is 31.0. The normalized spacial score (nSPS) is 11.5. The average molecular weight is 502 g/mol. The SMILES string of the molecule is CCCCCCCC/C=C\CCCCCCCC(=O)NCCOCCOCCOCCOCCO. The Kier molecular flexibility index (Phi) is 30.2. The van der Waals surface area contributed by atoms with Gasteiger partial charge in [0, 0.05) is 13.0 Å². The van der Waals surface area contributed by atoms with E-state index in [-0.39, 0.29) is 12.5 Å². The van der Waals surface area contributed by atoms with Gasteiger partial charge >= 0.3 is 0 Å². The van der Waals surface area contributed by atoms with E-state index in [0.717, 1.165) is 12.8 Å². The Labute approximate surface area is 215 Å². The average Bonchev–Trinajstić information content (AvgIpc) is 2.86.